The van der Waals surface area contributed by atoms with E-state index >= 15 is 0 Å². The highest BCUT2D eigenvalue weighted by Gasteiger charge is 2.03. The van der Waals surface area contributed by atoms with E-state index in [1.807, 2.05) is 25.2 Å². The zero-order valence-electron chi connectivity index (χ0n) is 13.9. The van der Waals surface area contributed by atoms with Crippen molar-refractivity contribution >= 4 is 16.5 Å². The zero-order valence-corrected chi connectivity index (χ0v) is 13.9. The van der Waals surface area contributed by atoms with Crippen LogP contribution in [-0.2, 0) is 0 Å². The van der Waals surface area contributed by atoms with Gasteiger partial charge in [-0.2, -0.15) is 0 Å². The van der Waals surface area contributed by atoms with Crippen LogP contribution < -0.4 is 5.32 Å². The fourth-order valence-electron chi connectivity index (χ4n) is 2.82. The summed E-state index contributed by atoms with van der Waals surface area (Å²) < 4.78 is 0. The highest BCUT2D eigenvalue weighted by Crippen LogP contribution is 2.29. The number of allylic oxidation sites excluding steroid dienone is 4. The number of hydrogen-bond acceptors (Lipinski definition) is 1. The van der Waals surface area contributed by atoms with Gasteiger partial charge in [0.1, 0.15) is 0 Å². The van der Waals surface area contributed by atoms with Crippen molar-refractivity contribution in [3.05, 3.63) is 103 Å². The molecule has 3 rings (SSSR count). The van der Waals surface area contributed by atoms with Crippen LogP contribution in [0.3, 0.4) is 0 Å². The van der Waals surface area contributed by atoms with Crippen LogP contribution in [-0.4, -0.2) is 0 Å². The summed E-state index contributed by atoms with van der Waals surface area (Å²) in [6.07, 6.45) is 7.78. The summed E-state index contributed by atoms with van der Waals surface area (Å²) in [5, 5.41) is 5.94. The second kappa shape index (κ2) is 7.47. The SMILES string of the molecule is C=C/C=C(\C=C/C)Nc1ccc(-c2cccc3ccccc23)cc1. The Bertz CT molecular complexity index is 893. The summed E-state index contributed by atoms with van der Waals surface area (Å²) in [5.41, 5.74) is 4.56. The van der Waals surface area contributed by atoms with Gasteiger partial charge in [-0.25, -0.2) is 0 Å². The van der Waals surface area contributed by atoms with Crippen LogP contribution in [0.5, 0.6) is 0 Å². The number of anilines is 1. The molecule has 1 nitrogen and oxygen atoms in total. The van der Waals surface area contributed by atoms with Crippen molar-refractivity contribution in [1.82, 2.24) is 0 Å². The van der Waals surface area contributed by atoms with Crippen molar-refractivity contribution in [2.75, 3.05) is 5.32 Å². The van der Waals surface area contributed by atoms with Crippen molar-refractivity contribution < 1.29 is 0 Å². The lowest BCUT2D eigenvalue weighted by Gasteiger charge is -2.10. The first kappa shape index (κ1) is 15.8. The molecule has 24 heavy (non-hydrogen) atoms. The van der Waals surface area contributed by atoms with Crippen LogP contribution in [0.2, 0.25) is 0 Å². The van der Waals surface area contributed by atoms with Gasteiger partial charge in [-0.3, -0.25) is 0 Å². The lowest BCUT2D eigenvalue weighted by molar-refractivity contribution is 1.46. The summed E-state index contributed by atoms with van der Waals surface area (Å²) in [4.78, 5) is 0. The minimum Gasteiger partial charge on any atom is -0.356 e. The predicted molar refractivity (Wildman–Crippen MR) is 106 cm³/mol. The summed E-state index contributed by atoms with van der Waals surface area (Å²) in [7, 11) is 0. The van der Waals surface area contributed by atoms with Gasteiger partial charge in [0.15, 0.2) is 0 Å². The topological polar surface area (TPSA) is 12.0 Å². The molecule has 0 amide bonds. The molecule has 0 aliphatic rings. The lowest BCUT2D eigenvalue weighted by Crippen LogP contribution is -1.96. The van der Waals surface area contributed by atoms with E-state index in [0.29, 0.717) is 0 Å². The van der Waals surface area contributed by atoms with E-state index in [-0.39, 0.29) is 0 Å². The smallest absolute Gasteiger partial charge is 0.0384 e. The van der Waals surface area contributed by atoms with Crippen LogP contribution in [0.1, 0.15) is 6.92 Å². The molecule has 0 unspecified atom stereocenters. The molecule has 0 saturated heterocycles. The largest absolute Gasteiger partial charge is 0.356 e. The van der Waals surface area contributed by atoms with E-state index in [4.69, 9.17) is 0 Å². The van der Waals surface area contributed by atoms with E-state index in [1.165, 1.54) is 21.9 Å². The van der Waals surface area contributed by atoms with Gasteiger partial charge in [0.2, 0.25) is 0 Å². The van der Waals surface area contributed by atoms with E-state index in [9.17, 15) is 0 Å². The zero-order chi connectivity index (χ0) is 16.8. The molecule has 0 spiro atoms. The monoisotopic (exact) mass is 311 g/mol. The fraction of sp³-hybridized carbons (Fsp3) is 0.0435. The molecule has 0 saturated carbocycles. The highest BCUT2D eigenvalue weighted by molar-refractivity contribution is 5.96. The highest BCUT2D eigenvalue weighted by atomic mass is 14.9. The molecule has 0 aliphatic carbocycles. The maximum absolute atomic E-state index is 3.76. The maximum atomic E-state index is 3.76. The molecule has 118 valence electrons. The standard InChI is InChI=1S/C23H21N/c1-3-8-20(9-4-2)24-21-16-14-19(15-17-21)23-13-7-11-18-10-5-6-12-22(18)23/h3-17,24H,1H2,2H3/b9-4-,20-8+. The summed E-state index contributed by atoms with van der Waals surface area (Å²) in [5.74, 6) is 0. The minimum atomic E-state index is 1.02. The predicted octanol–water partition coefficient (Wildman–Crippen LogP) is 6.56. The number of benzene rings is 3. The van der Waals surface area contributed by atoms with Crippen molar-refractivity contribution in [3.63, 3.8) is 0 Å². The Labute approximate surface area is 143 Å². The Morgan fingerprint density at radius 3 is 2.42 bits per heavy atom. The average molecular weight is 311 g/mol. The van der Waals surface area contributed by atoms with Crippen molar-refractivity contribution in [1.29, 1.82) is 0 Å². The number of rotatable bonds is 5. The number of fused-ring (bicyclic) bond motifs is 1. The van der Waals surface area contributed by atoms with Gasteiger partial charge in [-0.15, -0.1) is 0 Å². The first-order valence-electron chi connectivity index (χ1n) is 8.12. The first-order valence-corrected chi connectivity index (χ1v) is 8.12. The molecular weight excluding hydrogens is 290 g/mol. The quantitative estimate of drug-likeness (QED) is 0.526. The van der Waals surface area contributed by atoms with Gasteiger partial charge in [0.05, 0.1) is 0 Å². The number of hydrogen-bond donors (Lipinski definition) is 1. The van der Waals surface area contributed by atoms with Crippen molar-refractivity contribution in [2.45, 2.75) is 6.92 Å². The van der Waals surface area contributed by atoms with Gasteiger partial charge in [-0.05, 0) is 53.1 Å². The average Bonchev–Trinajstić information content (AvgIpc) is 2.62. The molecule has 1 heteroatoms. The Hall–Kier alpha value is -3.06. The van der Waals surface area contributed by atoms with Gasteiger partial charge in [0, 0.05) is 11.4 Å². The van der Waals surface area contributed by atoms with Crippen LogP contribution in [0.15, 0.2) is 103 Å². The molecule has 0 bridgehead atoms. The normalized spacial score (nSPS) is 11.8. The van der Waals surface area contributed by atoms with Crippen LogP contribution in [0.25, 0.3) is 21.9 Å². The Kier molecular flexibility index (Phi) is 4.93. The van der Waals surface area contributed by atoms with E-state index in [0.717, 1.165) is 11.4 Å². The summed E-state index contributed by atoms with van der Waals surface area (Å²) in [6, 6.07) is 23.5. The molecule has 3 aromatic rings. The first-order chi connectivity index (χ1) is 11.8. The van der Waals surface area contributed by atoms with Crippen LogP contribution >= 0.6 is 0 Å². The molecule has 0 aromatic heterocycles. The summed E-state index contributed by atoms with van der Waals surface area (Å²) >= 11 is 0. The molecular formula is C23H21N. The third-order valence-corrected chi connectivity index (χ3v) is 3.92. The van der Waals surface area contributed by atoms with E-state index in [2.05, 4.69) is 78.6 Å². The molecule has 0 aliphatic heterocycles. The van der Waals surface area contributed by atoms with Gasteiger partial charge in [0.25, 0.3) is 0 Å². The maximum Gasteiger partial charge on any atom is 0.0384 e. The lowest BCUT2D eigenvalue weighted by atomic mass is 9.98. The van der Waals surface area contributed by atoms with E-state index in [1.54, 1.807) is 6.08 Å². The van der Waals surface area contributed by atoms with E-state index < -0.39 is 0 Å². The van der Waals surface area contributed by atoms with Crippen LogP contribution in [0.4, 0.5) is 5.69 Å². The molecule has 0 radical (unpaired) electrons. The van der Waals surface area contributed by atoms with Gasteiger partial charge < -0.3 is 5.32 Å². The molecule has 0 fully saturated rings. The molecule has 1 N–H and O–H groups in total. The Morgan fingerprint density at radius 2 is 1.67 bits per heavy atom. The van der Waals surface area contributed by atoms with Gasteiger partial charge in [-0.1, -0.05) is 73.3 Å². The van der Waals surface area contributed by atoms with Crippen molar-refractivity contribution in [3.8, 4) is 11.1 Å². The third kappa shape index (κ3) is 3.47. The second-order valence-corrected chi connectivity index (χ2v) is 5.59. The molecule has 3 aromatic carbocycles. The Balaban J connectivity index is 1.92. The minimum absolute atomic E-state index is 1.02. The van der Waals surface area contributed by atoms with Gasteiger partial charge >= 0.3 is 0 Å². The van der Waals surface area contributed by atoms with Crippen LogP contribution in [0, 0.1) is 0 Å². The number of nitrogens with one attached hydrogen (secondary N) is 1. The Morgan fingerprint density at radius 1 is 0.917 bits per heavy atom. The summed E-state index contributed by atoms with van der Waals surface area (Å²) in [6.45, 7) is 5.76. The fourth-order valence-corrected chi connectivity index (χ4v) is 2.82. The molecule has 0 heterocycles. The third-order valence-electron chi connectivity index (χ3n) is 3.92. The molecule has 0 atom stereocenters. The second-order valence-electron chi connectivity index (χ2n) is 5.59. The van der Waals surface area contributed by atoms with Crippen molar-refractivity contribution in [2.24, 2.45) is 0 Å².